The molecule has 2 aliphatic heterocycles. The van der Waals surface area contributed by atoms with E-state index < -0.39 is 0 Å². The van der Waals surface area contributed by atoms with Crippen molar-refractivity contribution >= 4 is 0 Å². The van der Waals surface area contributed by atoms with Gasteiger partial charge in [-0.05, 0) is 101 Å². The van der Waals surface area contributed by atoms with Crippen LogP contribution in [0.25, 0.3) is 0 Å². The first kappa shape index (κ1) is 21.6. The molecule has 0 spiro atoms. The van der Waals surface area contributed by atoms with Crippen LogP contribution in [0.2, 0.25) is 0 Å². The summed E-state index contributed by atoms with van der Waals surface area (Å²) >= 11 is 0. The maximum absolute atomic E-state index is 2.85. The molecule has 27 heavy (non-hydrogen) atoms. The molecule has 2 heterocycles. The van der Waals surface area contributed by atoms with Crippen LogP contribution < -0.4 is 0 Å². The molecule has 0 radical (unpaired) electrons. The molecule has 2 atom stereocenters. The lowest BCUT2D eigenvalue weighted by Crippen LogP contribution is -2.68. The number of fused-ring (bicyclic) bond motifs is 2. The molecular weight excluding hydrogens is 328 g/mol. The highest BCUT2D eigenvalue weighted by molar-refractivity contribution is 5.10. The second-order valence-electron chi connectivity index (χ2n) is 13.3. The van der Waals surface area contributed by atoms with Gasteiger partial charge in [-0.1, -0.05) is 34.6 Å². The Bertz CT molecular complexity index is 514. The fourth-order valence-electron chi connectivity index (χ4n) is 6.73. The molecule has 0 amide bonds. The van der Waals surface area contributed by atoms with Crippen molar-refractivity contribution in [1.82, 2.24) is 9.80 Å². The quantitative estimate of drug-likeness (QED) is 0.603. The third-order valence-electron chi connectivity index (χ3n) is 9.40. The smallest absolute Gasteiger partial charge is 0.0207 e. The summed E-state index contributed by atoms with van der Waals surface area (Å²) in [7, 11) is 0. The predicted octanol–water partition coefficient (Wildman–Crippen LogP) is 5.92. The van der Waals surface area contributed by atoms with Gasteiger partial charge in [0.25, 0.3) is 0 Å². The Morgan fingerprint density at radius 1 is 0.667 bits per heavy atom. The van der Waals surface area contributed by atoms with E-state index in [9.17, 15) is 0 Å². The molecule has 0 aromatic carbocycles. The standard InChI is InChI=1S/C25H48N2/c1-22(2,3)20-11-13-26(14-12-20)25(9,10)24(7,8)21-18-15-19(21)17-27(16-18)23(4,5)6/h18-21H,11-17H2,1-10H3. The third kappa shape index (κ3) is 3.75. The summed E-state index contributed by atoms with van der Waals surface area (Å²) in [5.41, 5.74) is 1.45. The van der Waals surface area contributed by atoms with Gasteiger partial charge < -0.3 is 0 Å². The van der Waals surface area contributed by atoms with Gasteiger partial charge in [-0.2, -0.15) is 0 Å². The Labute approximate surface area is 170 Å². The van der Waals surface area contributed by atoms with E-state index in [-0.39, 0.29) is 5.54 Å². The maximum Gasteiger partial charge on any atom is 0.0207 e. The molecule has 0 aromatic heterocycles. The van der Waals surface area contributed by atoms with Crippen LogP contribution in [-0.2, 0) is 0 Å². The highest BCUT2D eigenvalue weighted by atomic mass is 15.2. The summed E-state index contributed by atoms with van der Waals surface area (Å²) < 4.78 is 0. The average molecular weight is 377 g/mol. The summed E-state index contributed by atoms with van der Waals surface area (Å²) in [6, 6.07) is 0. The van der Waals surface area contributed by atoms with E-state index in [0.29, 0.717) is 16.4 Å². The van der Waals surface area contributed by atoms with Gasteiger partial charge in [0.2, 0.25) is 0 Å². The van der Waals surface area contributed by atoms with Gasteiger partial charge in [0.05, 0.1) is 0 Å². The molecule has 2 saturated heterocycles. The number of hydrogen-bond donors (Lipinski definition) is 0. The second-order valence-corrected chi connectivity index (χ2v) is 13.3. The number of likely N-dealkylation sites (tertiary alicyclic amines) is 2. The molecule has 1 aliphatic carbocycles. The van der Waals surface area contributed by atoms with Crippen LogP contribution in [0.5, 0.6) is 0 Å². The Balaban J connectivity index is 1.68. The SMILES string of the molecule is CC(C)(C)C1CCN(C(C)(C)C(C)(C)C2C3CC2CN(C(C)(C)C)C3)CC1. The zero-order valence-corrected chi connectivity index (χ0v) is 20.2. The Kier molecular flexibility index (Phi) is 5.39. The van der Waals surface area contributed by atoms with Crippen molar-refractivity contribution in [2.24, 2.45) is 34.5 Å². The summed E-state index contributed by atoms with van der Waals surface area (Å²) in [5, 5.41) is 0. The molecule has 2 nitrogen and oxygen atoms in total. The Morgan fingerprint density at radius 2 is 1.15 bits per heavy atom. The Morgan fingerprint density at radius 3 is 1.56 bits per heavy atom. The highest BCUT2D eigenvalue weighted by Crippen LogP contribution is 2.59. The lowest BCUT2D eigenvalue weighted by atomic mass is 9.48. The van der Waals surface area contributed by atoms with Crippen molar-refractivity contribution in [1.29, 1.82) is 0 Å². The van der Waals surface area contributed by atoms with E-state index >= 15 is 0 Å². The second kappa shape index (κ2) is 6.73. The summed E-state index contributed by atoms with van der Waals surface area (Å²) in [4.78, 5) is 5.60. The Hall–Kier alpha value is -0.0800. The van der Waals surface area contributed by atoms with E-state index in [1.165, 1.54) is 45.4 Å². The lowest BCUT2D eigenvalue weighted by Gasteiger charge is -2.66. The molecule has 158 valence electrons. The number of rotatable bonds is 3. The zero-order valence-electron chi connectivity index (χ0n) is 20.2. The normalized spacial score (nSPS) is 32.4. The number of nitrogens with zero attached hydrogens (tertiary/aromatic N) is 2. The number of hydrogen-bond acceptors (Lipinski definition) is 2. The van der Waals surface area contributed by atoms with Crippen LogP contribution in [0, 0.1) is 34.5 Å². The molecule has 3 fully saturated rings. The van der Waals surface area contributed by atoms with Crippen LogP contribution in [0.3, 0.4) is 0 Å². The van der Waals surface area contributed by atoms with Crippen LogP contribution in [0.4, 0.5) is 0 Å². The largest absolute Gasteiger partial charge is 0.298 e. The molecule has 0 aromatic rings. The predicted molar refractivity (Wildman–Crippen MR) is 118 cm³/mol. The molecule has 1 saturated carbocycles. The molecule has 2 bridgehead atoms. The first-order valence-electron chi connectivity index (χ1n) is 11.7. The van der Waals surface area contributed by atoms with Crippen LogP contribution >= 0.6 is 0 Å². The van der Waals surface area contributed by atoms with Crippen LogP contribution in [0.15, 0.2) is 0 Å². The summed E-state index contributed by atoms with van der Waals surface area (Å²) in [6.07, 6.45) is 4.22. The van der Waals surface area contributed by atoms with Gasteiger partial charge in [-0.25, -0.2) is 0 Å². The van der Waals surface area contributed by atoms with Crippen LogP contribution in [0.1, 0.15) is 88.5 Å². The third-order valence-corrected chi connectivity index (χ3v) is 9.40. The van der Waals surface area contributed by atoms with Gasteiger partial charge in [-0.3, -0.25) is 9.80 Å². The lowest BCUT2D eigenvalue weighted by molar-refractivity contribution is -0.167. The molecular formula is C25H48N2. The summed E-state index contributed by atoms with van der Waals surface area (Å²) in [6.45, 7) is 30.0. The average Bonchev–Trinajstić information content (AvgIpc) is 2.52. The van der Waals surface area contributed by atoms with E-state index in [0.717, 1.165) is 23.7 Å². The monoisotopic (exact) mass is 376 g/mol. The minimum Gasteiger partial charge on any atom is -0.298 e. The maximum atomic E-state index is 2.85. The molecule has 2 unspecified atom stereocenters. The van der Waals surface area contributed by atoms with Gasteiger partial charge in [0.15, 0.2) is 0 Å². The zero-order chi connectivity index (χ0) is 20.4. The minimum atomic E-state index is 0.279. The molecule has 3 rings (SSSR count). The van der Waals surface area contributed by atoms with Crippen molar-refractivity contribution < 1.29 is 0 Å². The van der Waals surface area contributed by atoms with E-state index in [2.05, 4.69) is 79.0 Å². The van der Waals surface area contributed by atoms with Gasteiger partial charge >= 0.3 is 0 Å². The van der Waals surface area contributed by atoms with Crippen LogP contribution in [-0.4, -0.2) is 47.1 Å². The molecule has 2 heteroatoms. The van der Waals surface area contributed by atoms with Gasteiger partial charge in [0, 0.05) is 24.2 Å². The van der Waals surface area contributed by atoms with E-state index in [1.54, 1.807) is 0 Å². The first-order chi connectivity index (χ1) is 12.2. The van der Waals surface area contributed by atoms with Gasteiger partial charge in [0.1, 0.15) is 0 Å². The fraction of sp³-hybridized carbons (Fsp3) is 1.00. The van der Waals surface area contributed by atoms with Crippen molar-refractivity contribution in [3.63, 3.8) is 0 Å². The number of piperidine rings is 3. The highest BCUT2D eigenvalue weighted by Gasteiger charge is 2.59. The van der Waals surface area contributed by atoms with Crippen molar-refractivity contribution in [2.45, 2.75) is 99.6 Å². The summed E-state index contributed by atoms with van der Waals surface area (Å²) in [5.74, 6) is 3.59. The van der Waals surface area contributed by atoms with E-state index in [4.69, 9.17) is 0 Å². The fourth-order valence-corrected chi connectivity index (χ4v) is 6.73. The topological polar surface area (TPSA) is 6.48 Å². The van der Waals surface area contributed by atoms with E-state index in [1.807, 2.05) is 0 Å². The first-order valence-corrected chi connectivity index (χ1v) is 11.7. The van der Waals surface area contributed by atoms with Crippen molar-refractivity contribution in [2.75, 3.05) is 26.2 Å². The van der Waals surface area contributed by atoms with Crippen molar-refractivity contribution in [3.8, 4) is 0 Å². The molecule has 0 N–H and O–H groups in total. The molecule has 3 aliphatic rings. The minimum absolute atomic E-state index is 0.279. The van der Waals surface area contributed by atoms with Gasteiger partial charge in [-0.15, -0.1) is 0 Å². The van der Waals surface area contributed by atoms with Crippen molar-refractivity contribution in [3.05, 3.63) is 0 Å².